The number of nitrogens with one attached hydrogen (secondary N) is 1. The second kappa shape index (κ2) is 6.11. The fourth-order valence-corrected chi connectivity index (χ4v) is 3.53. The van der Waals surface area contributed by atoms with Crippen molar-refractivity contribution in [1.29, 1.82) is 0 Å². The smallest absolute Gasteiger partial charge is 0.228 e. The lowest BCUT2D eigenvalue weighted by atomic mass is 9.94. The Kier molecular flexibility index (Phi) is 3.80. The molecule has 4 heterocycles. The Morgan fingerprint density at radius 3 is 2.92 bits per heavy atom. The molecule has 6 nitrogen and oxygen atoms in total. The van der Waals surface area contributed by atoms with Crippen LogP contribution in [0.4, 0.5) is 0 Å². The zero-order chi connectivity index (χ0) is 16.5. The molecule has 1 N–H and O–H groups in total. The van der Waals surface area contributed by atoms with E-state index in [0.29, 0.717) is 12.3 Å². The average Bonchev–Trinajstić information content (AvgIpc) is 3.26. The summed E-state index contributed by atoms with van der Waals surface area (Å²) in [6.45, 7) is 3.64. The summed E-state index contributed by atoms with van der Waals surface area (Å²) in [5.41, 5.74) is 4.18. The van der Waals surface area contributed by atoms with E-state index in [1.807, 2.05) is 46.9 Å². The molecule has 124 valence electrons. The van der Waals surface area contributed by atoms with Crippen LogP contribution in [0.25, 0.3) is 5.65 Å². The number of aryl methyl sites for hydroxylation is 1. The molecule has 0 radical (unpaired) electrons. The Balaban J connectivity index is 1.42. The van der Waals surface area contributed by atoms with E-state index in [9.17, 15) is 4.79 Å². The molecular formula is C18H21N5O. The van der Waals surface area contributed by atoms with E-state index in [1.54, 1.807) is 6.33 Å². The number of nitrogens with zero attached hydrogens (tertiary/aromatic N) is 4. The van der Waals surface area contributed by atoms with Gasteiger partial charge in [-0.05, 0) is 31.4 Å². The molecule has 1 saturated heterocycles. The Morgan fingerprint density at radius 2 is 2.17 bits per heavy atom. The number of likely N-dealkylation sites (tertiary alicyclic amines) is 1. The Hall–Kier alpha value is -2.63. The molecule has 3 aromatic heterocycles. The minimum absolute atomic E-state index is 0.182. The van der Waals surface area contributed by atoms with Gasteiger partial charge in [-0.25, -0.2) is 9.97 Å². The molecule has 1 aliphatic rings. The van der Waals surface area contributed by atoms with Crippen molar-refractivity contribution in [3.63, 3.8) is 0 Å². The average molecular weight is 323 g/mol. The molecule has 1 amide bonds. The topological polar surface area (TPSA) is 66.3 Å². The monoisotopic (exact) mass is 323 g/mol. The van der Waals surface area contributed by atoms with Gasteiger partial charge in [-0.15, -0.1) is 0 Å². The van der Waals surface area contributed by atoms with Gasteiger partial charge in [0.2, 0.25) is 5.91 Å². The van der Waals surface area contributed by atoms with Crippen LogP contribution in [0.3, 0.4) is 0 Å². The van der Waals surface area contributed by atoms with Crippen molar-refractivity contribution in [1.82, 2.24) is 24.3 Å². The standard InChI is InChI=1S/C18H21N5O/c1-13-3-2-6-23-15(10-20-18(13)23)9-17(24)22-7-4-14(5-8-22)16-11-19-12-21-16/h2-3,6,10-12,14H,4-5,7-9H2,1H3,(H,19,21). The van der Waals surface area contributed by atoms with Crippen LogP contribution >= 0.6 is 0 Å². The van der Waals surface area contributed by atoms with E-state index >= 15 is 0 Å². The molecule has 0 saturated carbocycles. The van der Waals surface area contributed by atoms with Gasteiger partial charge in [0.15, 0.2) is 0 Å². The number of hydrogen-bond donors (Lipinski definition) is 1. The summed E-state index contributed by atoms with van der Waals surface area (Å²) < 4.78 is 2.02. The number of carbonyl (C=O) groups excluding carboxylic acids is 1. The number of amides is 1. The minimum atomic E-state index is 0.182. The van der Waals surface area contributed by atoms with Gasteiger partial charge < -0.3 is 14.3 Å². The second-order valence-electron chi connectivity index (χ2n) is 6.47. The van der Waals surface area contributed by atoms with E-state index in [-0.39, 0.29) is 5.91 Å². The van der Waals surface area contributed by atoms with Gasteiger partial charge in [-0.3, -0.25) is 4.79 Å². The molecular weight excluding hydrogens is 302 g/mol. The van der Waals surface area contributed by atoms with Gasteiger partial charge >= 0.3 is 0 Å². The zero-order valence-electron chi connectivity index (χ0n) is 13.8. The third kappa shape index (κ3) is 2.68. The highest BCUT2D eigenvalue weighted by molar-refractivity contribution is 5.78. The molecule has 24 heavy (non-hydrogen) atoms. The third-order valence-corrected chi connectivity index (χ3v) is 4.95. The predicted octanol–water partition coefficient (Wildman–Crippen LogP) is 2.31. The highest BCUT2D eigenvalue weighted by atomic mass is 16.2. The lowest BCUT2D eigenvalue weighted by Crippen LogP contribution is -2.39. The van der Waals surface area contributed by atoms with Crippen LogP contribution in [0.2, 0.25) is 0 Å². The summed E-state index contributed by atoms with van der Waals surface area (Å²) in [5, 5.41) is 0. The number of pyridine rings is 1. The minimum Gasteiger partial charge on any atom is -0.348 e. The fraction of sp³-hybridized carbons (Fsp3) is 0.389. The van der Waals surface area contributed by atoms with Gasteiger partial charge in [0, 0.05) is 43.3 Å². The normalized spacial score (nSPS) is 16.0. The van der Waals surface area contributed by atoms with E-state index < -0.39 is 0 Å². The van der Waals surface area contributed by atoms with Gasteiger partial charge in [0.1, 0.15) is 5.65 Å². The maximum Gasteiger partial charge on any atom is 0.228 e. The van der Waals surface area contributed by atoms with Crippen molar-refractivity contribution >= 4 is 11.6 Å². The highest BCUT2D eigenvalue weighted by Gasteiger charge is 2.25. The number of fused-ring (bicyclic) bond motifs is 1. The van der Waals surface area contributed by atoms with Crippen LogP contribution in [0, 0.1) is 6.92 Å². The first-order valence-electron chi connectivity index (χ1n) is 8.40. The molecule has 3 aromatic rings. The lowest BCUT2D eigenvalue weighted by Gasteiger charge is -2.31. The van der Waals surface area contributed by atoms with Crippen molar-refractivity contribution in [3.05, 3.63) is 54.0 Å². The van der Waals surface area contributed by atoms with Crippen molar-refractivity contribution in [3.8, 4) is 0 Å². The molecule has 1 aliphatic heterocycles. The lowest BCUT2D eigenvalue weighted by molar-refractivity contribution is -0.131. The van der Waals surface area contributed by atoms with E-state index in [0.717, 1.165) is 42.8 Å². The number of H-pyrrole nitrogens is 1. The summed E-state index contributed by atoms with van der Waals surface area (Å²) in [5.74, 6) is 0.663. The van der Waals surface area contributed by atoms with Gasteiger partial charge in [0.25, 0.3) is 0 Å². The third-order valence-electron chi connectivity index (χ3n) is 4.95. The number of aromatic amines is 1. The molecule has 0 unspecified atom stereocenters. The number of hydrogen-bond acceptors (Lipinski definition) is 3. The van der Waals surface area contributed by atoms with E-state index in [2.05, 4.69) is 15.0 Å². The first-order chi connectivity index (χ1) is 11.7. The summed E-state index contributed by atoms with van der Waals surface area (Å²) in [7, 11) is 0. The maximum absolute atomic E-state index is 12.7. The Labute approximate surface area is 140 Å². The van der Waals surface area contributed by atoms with Gasteiger partial charge in [-0.1, -0.05) is 6.07 Å². The molecule has 1 fully saturated rings. The Bertz CT molecular complexity index is 844. The zero-order valence-corrected chi connectivity index (χ0v) is 13.8. The first kappa shape index (κ1) is 14.9. The number of carbonyl (C=O) groups is 1. The number of piperidine rings is 1. The van der Waals surface area contributed by atoms with Crippen molar-refractivity contribution in [2.24, 2.45) is 0 Å². The molecule has 0 aliphatic carbocycles. The SMILES string of the molecule is Cc1cccn2c(CC(=O)N3CCC(c4cnc[nH]4)CC3)cnc12. The summed E-state index contributed by atoms with van der Waals surface area (Å²) in [4.78, 5) is 26.3. The Morgan fingerprint density at radius 1 is 1.33 bits per heavy atom. The van der Waals surface area contributed by atoms with Crippen LogP contribution in [-0.4, -0.2) is 43.2 Å². The molecule has 0 aromatic carbocycles. The van der Waals surface area contributed by atoms with Crippen LogP contribution in [0.1, 0.15) is 35.7 Å². The molecule has 0 atom stereocenters. The summed E-state index contributed by atoms with van der Waals surface area (Å²) in [6, 6.07) is 4.03. The highest BCUT2D eigenvalue weighted by Crippen LogP contribution is 2.26. The van der Waals surface area contributed by atoms with Crippen molar-refractivity contribution < 1.29 is 4.79 Å². The molecule has 4 rings (SSSR count). The van der Waals surface area contributed by atoms with Gasteiger partial charge in [-0.2, -0.15) is 0 Å². The molecule has 0 spiro atoms. The fourth-order valence-electron chi connectivity index (χ4n) is 3.53. The van der Waals surface area contributed by atoms with Gasteiger partial charge in [0.05, 0.1) is 18.4 Å². The second-order valence-corrected chi connectivity index (χ2v) is 6.47. The largest absolute Gasteiger partial charge is 0.348 e. The summed E-state index contributed by atoms with van der Waals surface area (Å²) >= 11 is 0. The molecule has 0 bridgehead atoms. The van der Waals surface area contributed by atoms with Crippen molar-refractivity contribution in [2.45, 2.75) is 32.1 Å². The predicted molar refractivity (Wildman–Crippen MR) is 90.8 cm³/mol. The summed E-state index contributed by atoms with van der Waals surface area (Å²) in [6.07, 6.45) is 9.78. The first-order valence-corrected chi connectivity index (χ1v) is 8.40. The van der Waals surface area contributed by atoms with Crippen molar-refractivity contribution in [2.75, 3.05) is 13.1 Å². The van der Waals surface area contributed by atoms with Crippen LogP contribution in [0.5, 0.6) is 0 Å². The number of rotatable bonds is 3. The van der Waals surface area contributed by atoms with E-state index in [4.69, 9.17) is 0 Å². The van der Waals surface area contributed by atoms with Crippen LogP contribution in [-0.2, 0) is 11.2 Å². The molecule has 6 heteroatoms. The van der Waals surface area contributed by atoms with Crippen LogP contribution in [0.15, 0.2) is 37.1 Å². The van der Waals surface area contributed by atoms with Crippen LogP contribution < -0.4 is 0 Å². The maximum atomic E-state index is 12.7. The van der Waals surface area contributed by atoms with E-state index in [1.165, 1.54) is 5.69 Å². The number of imidazole rings is 2. The quantitative estimate of drug-likeness (QED) is 0.804. The number of aromatic nitrogens is 4.